The van der Waals surface area contributed by atoms with Gasteiger partial charge in [-0.05, 0) is 51.1 Å². The lowest BCUT2D eigenvalue weighted by Gasteiger charge is -2.24. The number of rotatable bonds is 6. The van der Waals surface area contributed by atoms with E-state index < -0.39 is 0 Å². The van der Waals surface area contributed by atoms with Crippen molar-refractivity contribution in [1.29, 1.82) is 0 Å². The lowest BCUT2D eigenvalue weighted by Crippen LogP contribution is -2.30. The fourth-order valence-corrected chi connectivity index (χ4v) is 2.91. The van der Waals surface area contributed by atoms with Crippen LogP contribution in [0, 0.1) is 5.92 Å². The Bertz CT molecular complexity index is 168. The van der Waals surface area contributed by atoms with Gasteiger partial charge in [-0.15, -0.1) is 0 Å². The Morgan fingerprint density at radius 1 is 1.14 bits per heavy atom. The molecule has 14 heavy (non-hydrogen) atoms. The summed E-state index contributed by atoms with van der Waals surface area (Å²) in [6, 6.07) is 0.922. The molecule has 82 valence electrons. The average Bonchev–Trinajstić information content (AvgIpc) is 2.92. The lowest BCUT2D eigenvalue weighted by molar-refractivity contribution is 0.235. The molecular formula is C12H22BrN. The summed E-state index contributed by atoms with van der Waals surface area (Å²) in [6.07, 6.45) is 10.2. The molecular weight excluding hydrogens is 238 g/mol. The summed E-state index contributed by atoms with van der Waals surface area (Å²) < 4.78 is 0. The van der Waals surface area contributed by atoms with Crippen LogP contribution in [0.5, 0.6) is 0 Å². The van der Waals surface area contributed by atoms with Crippen LogP contribution in [0.1, 0.15) is 44.9 Å². The molecule has 2 aliphatic rings. The Labute approximate surface area is 96.4 Å². The van der Waals surface area contributed by atoms with Crippen LogP contribution in [0.2, 0.25) is 0 Å². The number of alkyl halides is 1. The van der Waals surface area contributed by atoms with Gasteiger partial charge in [0.15, 0.2) is 0 Å². The number of halogens is 1. The monoisotopic (exact) mass is 259 g/mol. The highest BCUT2D eigenvalue weighted by Crippen LogP contribution is 2.33. The minimum Gasteiger partial charge on any atom is -0.300 e. The topological polar surface area (TPSA) is 3.24 Å². The Balaban J connectivity index is 1.66. The molecule has 2 heteroatoms. The summed E-state index contributed by atoms with van der Waals surface area (Å²) in [7, 11) is 0. The molecule has 0 aromatic rings. The number of hydrogen-bond acceptors (Lipinski definition) is 1. The van der Waals surface area contributed by atoms with Gasteiger partial charge in [0, 0.05) is 11.4 Å². The molecule has 1 unspecified atom stereocenters. The van der Waals surface area contributed by atoms with Gasteiger partial charge in [-0.1, -0.05) is 28.8 Å². The maximum atomic E-state index is 3.53. The standard InChI is InChI=1S/C12H22BrN/c13-8-1-3-12-4-2-9-14(12)10-7-11-5-6-11/h11-12H,1-10H2. The second-order valence-electron chi connectivity index (χ2n) is 4.90. The van der Waals surface area contributed by atoms with E-state index in [2.05, 4.69) is 20.8 Å². The molecule has 0 spiro atoms. The quantitative estimate of drug-likeness (QED) is 0.661. The summed E-state index contributed by atoms with van der Waals surface area (Å²) in [5.74, 6) is 1.10. The van der Waals surface area contributed by atoms with Crippen molar-refractivity contribution in [3.05, 3.63) is 0 Å². The van der Waals surface area contributed by atoms with Gasteiger partial charge in [-0.2, -0.15) is 0 Å². The molecule has 0 radical (unpaired) electrons. The predicted molar refractivity (Wildman–Crippen MR) is 65.0 cm³/mol. The molecule has 1 heterocycles. The van der Waals surface area contributed by atoms with Crippen LogP contribution in [-0.4, -0.2) is 29.4 Å². The Hall–Kier alpha value is 0.440. The Morgan fingerprint density at radius 2 is 2.00 bits per heavy atom. The fraction of sp³-hybridized carbons (Fsp3) is 1.00. The normalized spacial score (nSPS) is 28.5. The maximum absolute atomic E-state index is 3.53. The molecule has 0 bridgehead atoms. The number of hydrogen-bond donors (Lipinski definition) is 0. The van der Waals surface area contributed by atoms with E-state index in [9.17, 15) is 0 Å². The van der Waals surface area contributed by atoms with Crippen molar-refractivity contribution < 1.29 is 0 Å². The first-order valence-corrected chi connectivity index (χ1v) is 7.32. The third-order valence-electron chi connectivity index (χ3n) is 3.69. The largest absolute Gasteiger partial charge is 0.300 e. The van der Waals surface area contributed by atoms with E-state index in [0.717, 1.165) is 12.0 Å². The molecule has 1 saturated carbocycles. The van der Waals surface area contributed by atoms with Crippen molar-refractivity contribution in [2.75, 3.05) is 18.4 Å². The van der Waals surface area contributed by atoms with Gasteiger partial charge < -0.3 is 4.90 Å². The van der Waals surface area contributed by atoms with Gasteiger partial charge in [0.25, 0.3) is 0 Å². The van der Waals surface area contributed by atoms with E-state index in [-0.39, 0.29) is 0 Å². The Morgan fingerprint density at radius 3 is 2.71 bits per heavy atom. The van der Waals surface area contributed by atoms with Crippen molar-refractivity contribution in [3.63, 3.8) is 0 Å². The molecule has 2 fully saturated rings. The SMILES string of the molecule is BrCCCC1CCCN1CCC1CC1. The van der Waals surface area contributed by atoms with Crippen molar-refractivity contribution in [2.24, 2.45) is 5.92 Å². The molecule has 1 atom stereocenters. The second-order valence-corrected chi connectivity index (χ2v) is 5.69. The zero-order valence-corrected chi connectivity index (χ0v) is 10.6. The van der Waals surface area contributed by atoms with E-state index in [4.69, 9.17) is 0 Å². The molecule has 0 aromatic carbocycles. The zero-order valence-electron chi connectivity index (χ0n) is 9.05. The highest BCUT2D eigenvalue weighted by molar-refractivity contribution is 9.09. The minimum atomic E-state index is 0.922. The number of likely N-dealkylation sites (tertiary alicyclic amines) is 1. The molecule has 1 nitrogen and oxygen atoms in total. The number of nitrogens with zero attached hydrogens (tertiary/aromatic N) is 1. The van der Waals surface area contributed by atoms with Crippen LogP contribution in [0.4, 0.5) is 0 Å². The molecule has 1 aliphatic heterocycles. The van der Waals surface area contributed by atoms with Crippen LogP contribution < -0.4 is 0 Å². The van der Waals surface area contributed by atoms with E-state index in [0.29, 0.717) is 0 Å². The summed E-state index contributed by atoms with van der Waals surface area (Å²) in [5, 5.41) is 1.18. The average molecular weight is 260 g/mol. The Kier molecular flexibility index (Phi) is 4.30. The first-order valence-electron chi connectivity index (χ1n) is 6.20. The van der Waals surface area contributed by atoms with Crippen LogP contribution in [0.3, 0.4) is 0 Å². The van der Waals surface area contributed by atoms with Gasteiger partial charge in [-0.25, -0.2) is 0 Å². The summed E-state index contributed by atoms with van der Waals surface area (Å²) >= 11 is 3.53. The maximum Gasteiger partial charge on any atom is 0.00960 e. The van der Waals surface area contributed by atoms with E-state index >= 15 is 0 Å². The third-order valence-corrected chi connectivity index (χ3v) is 4.25. The second kappa shape index (κ2) is 5.50. The first kappa shape index (κ1) is 10.9. The summed E-state index contributed by atoms with van der Waals surface area (Å²) in [5.41, 5.74) is 0. The molecule has 0 amide bonds. The smallest absolute Gasteiger partial charge is 0.00960 e. The predicted octanol–water partition coefficient (Wildman–Crippen LogP) is 3.43. The highest BCUT2D eigenvalue weighted by atomic mass is 79.9. The lowest BCUT2D eigenvalue weighted by atomic mass is 10.1. The van der Waals surface area contributed by atoms with E-state index in [1.807, 2.05) is 0 Å². The molecule has 1 aliphatic carbocycles. The third kappa shape index (κ3) is 3.23. The minimum absolute atomic E-state index is 0.922. The van der Waals surface area contributed by atoms with Gasteiger partial charge in [0.05, 0.1) is 0 Å². The van der Waals surface area contributed by atoms with Crippen molar-refractivity contribution in [1.82, 2.24) is 4.90 Å². The zero-order chi connectivity index (χ0) is 9.80. The van der Waals surface area contributed by atoms with Crippen LogP contribution >= 0.6 is 15.9 Å². The van der Waals surface area contributed by atoms with Crippen molar-refractivity contribution in [3.8, 4) is 0 Å². The van der Waals surface area contributed by atoms with E-state index in [1.165, 1.54) is 63.4 Å². The highest BCUT2D eigenvalue weighted by Gasteiger charge is 2.27. The summed E-state index contributed by atoms with van der Waals surface area (Å²) in [4.78, 5) is 2.75. The molecule has 0 aromatic heterocycles. The molecule has 0 N–H and O–H groups in total. The van der Waals surface area contributed by atoms with Crippen LogP contribution in [0.15, 0.2) is 0 Å². The fourth-order valence-electron chi connectivity index (χ4n) is 2.58. The van der Waals surface area contributed by atoms with Crippen LogP contribution in [-0.2, 0) is 0 Å². The van der Waals surface area contributed by atoms with Gasteiger partial charge in [0.1, 0.15) is 0 Å². The van der Waals surface area contributed by atoms with Crippen molar-refractivity contribution >= 4 is 15.9 Å². The molecule has 2 rings (SSSR count). The van der Waals surface area contributed by atoms with Gasteiger partial charge in [-0.3, -0.25) is 0 Å². The molecule has 1 saturated heterocycles. The van der Waals surface area contributed by atoms with Gasteiger partial charge in [0.2, 0.25) is 0 Å². The van der Waals surface area contributed by atoms with Gasteiger partial charge >= 0.3 is 0 Å². The first-order chi connectivity index (χ1) is 6.90. The summed E-state index contributed by atoms with van der Waals surface area (Å²) in [6.45, 7) is 2.76. The van der Waals surface area contributed by atoms with Crippen molar-refractivity contribution in [2.45, 2.75) is 51.0 Å². The van der Waals surface area contributed by atoms with E-state index in [1.54, 1.807) is 0 Å². The van der Waals surface area contributed by atoms with Crippen LogP contribution in [0.25, 0.3) is 0 Å².